The number of hydrogen-bond donors (Lipinski definition) is 1. The van der Waals surface area contributed by atoms with Crippen molar-refractivity contribution < 1.29 is 32.6 Å². The summed E-state index contributed by atoms with van der Waals surface area (Å²) in [6.07, 6.45) is -2.19. The summed E-state index contributed by atoms with van der Waals surface area (Å²) in [4.78, 5) is 30.2. The van der Waals surface area contributed by atoms with Crippen molar-refractivity contribution in [1.29, 1.82) is 0 Å². The quantitative estimate of drug-likeness (QED) is 0.465. The van der Waals surface area contributed by atoms with Gasteiger partial charge in [0, 0.05) is 30.6 Å². The third-order valence-electron chi connectivity index (χ3n) is 9.42. The van der Waals surface area contributed by atoms with Crippen LogP contribution in [-0.4, -0.2) is 59.1 Å². The van der Waals surface area contributed by atoms with Crippen molar-refractivity contribution >= 4 is 11.8 Å². The number of halogens is 3. The molecule has 1 saturated heterocycles. The minimum absolute atomic E-state index is 0.0605. The highest BCUT2D eigenvalue weighted by Crippen LogP contribution is 2.46. The predicted molar refractivity (Wildman–Crippen MR) is 144 cm³/mol. The van der Waals surface area contributed by atoms with Crippen LogP contribution in [0.1, 0.15) is 73.0 Å². The normalized spacial score (nSPS) is 28.0. The largest absolute Gasteiger partial charge is 0.478 e. The fraction of sp³-hybridized carbons (Fsp3) is 0.548. The van der Waals surface area contributed by atoms with Crippen LogP contribution in [0.15, 0.2) is 42.5 Å². The molecule has 1 N–H and O–H groups in total. The molecule has 216 valence electrons. The van der Waals surface area contributed by atoms with E-state index in [2.05, 4.69) is 25.7 Å². The van der Waals surface area contributed by atoms with E-state index in [9.17, 15) is 27.9 Å². The standard InChI is InChI=1S/C31H37F3N2O4/c1-19(2)30(17-35-16-21-14-22(31(32,33)34)8-9-27(21)40-18-35)12-10-26(28(30)37)36-13-11-23(20(3)15-36)24-6-4-5-7-25(24)29(38)39/h4-9,14,19-20,23,26H,10-13,15-18H2,1-3H3,(H,38,39)/t20-,23-,26-,30-/m1/s1. The minimum Gasteiger partial charge on any atom is -0.478 e. The van der Waals surface area contributed by atoms with Gasteiger partial charge in [-0.15, -0.1) is 0 Å². The second-order valence-electron chi connectivity index (χ2n) is 12.1. The van der Waals surface area contributed by atoms with Gasteiger partial charge in [-0.25, -0.2) is 4.79 Å². The molecule has 2 aromatic carbocycles. The van der Waals surface area contributed by atoms with Crippen LogP contribution in [0.5, 0.6) is 5.75 Å². The maximum Gasteiger partial charge on any atom is 0.416 e. The van der Waals surface area contributed by atoms with E-state index >= 15 is 0 Å². The van der Waals surface area contributed by atoms with E-state index in [1.165, 1.54) is 6.07 Å². The number of carboxylic acids is 1. The van der Waals surface area contributed by atoms with Crippen molar-refractivity contribution in [2.45, 2.75) is 64.7 Å². The van der Waals surface area contributed by atoms with E-state index in [0.29, 0.717) is 43.1 Å². The Kier molecular flexibility index (Phi) is 7.74. The van der Waals surface area contributed by atoms with Gasteiger partial charge in [0.2, 0.25) is 0 Å². The van der Waals surface area contributed by atoms with Gasteiger partial charge in [-0.2, -0.15) is 13.2 Å². The summed E-state index contributed by atoms with van der Waals surface area (Å²) in [7, 11) is 0. The van der Waals surface area contributed by atoms with E-state index in [0.717, 1.165) is 37.0 Å². The molecule has 0 radical (unpaired) electrons. The number of ether oxygens (including phenoxy) is 1. The predicted octanol–water partition coefficient (Wildman–Crippen LogP) is 6.06. The van der Waals surface area contributed by atoms with Gasteiger partial charge < -0.3 is 9.84 Å². The van der Waals surface area contributed by atoms with Crippen LogP contribution in [0.4, 0.5) is 13.2 Å². The fourth-order valence-electron chi connectivity index (χ4n) is 7.15. The number of aromatic carboxylic acids is 1. The van der Waals surface area contributed by atoms with Crippen molar-refractivity contribution in [2.24, 2.45) is 17.3 Å². The number of Topliss-reactive ketones (excluding diaryl/α,β-unsaturated/α-hetero) is 1. The fourth-order valence-corrected chi connectivity index (χ4v) is 7.15. The Bertz CT molecular complexity index is 1280. The molecule has 2 fully saturated rings. The summed E-state index contributed by atoms with van der Waals surface area (Å²) in [6, 6.07) is 10.5. The molecule has 1 saturated carbocycles. The average Bonchev–Trinajstić information content (AvgIpc) is 3.24. The number of nitrogens with zero attached hydrogens (tertiary/aromatic N) is 2. The van der Waals surface area contributed by atoms with Crippen molar-refractivity contribution in [3.05, 3.63) is 64.7 Å². The number of rotatable bonds is 6. The van der Waals surface area contributed by atoms with Crippen LogP contribution in [-0.2, 0) is 17.5 Å². The highest BCUT2D eigenvalue weighted by atomic mass is 19.4. The van der Waals surface area contributed by atoms with Crippen LogP contribution in [0.3, 0.4) is 0 Å². The number of piperidine rings is 1. The smallest absolute Gasteiger partial charge is 0.416 e. The van der Waals surface area contributed by atoms with Crippen molar-refractivity contribution in [1.82, 2.24) is 9.80 Å². The monoisotopic (exact) mass is 558 g/mol. The van der Waals surface area contributed by atoms with Gasteiger partial charge in [-0.1, -0.05) is 39.0 Å². The van der Waals surface area contributed by atoms with E-state index in [4.69, 9.17) is 4.74 Å². The molecule has 0 amide bonds. The van der Waals surface area contributed by atoms with Crippen LogP contribution >= 0.6 is 0 Å². The number of carboxylic acid groups (broad SMARTS) is 1. The number of benzene rings is 2. The first-order chi connectivity index (χ1) is 18.9. The molecule has 6 nitrogen and oxygen atoms in total. The summed E-state index contributed by atoms with van der Waals surface area (Å²) >= 11 is 0. The number of carbonyl (C=O) groups is 2. The maximum atomic E-state index is 14.1. The Morgan fingerprint density at radius 1 is 1.18 bits per heavy atom. The molecular formula is C31H37F3N2O4. The van der Waals surface area contributed by atoms with Crippen LogP contribution in [0.25, 0.3) is 0 Å². The number of likely N-dealkylation sites (tertiary alicyclic amines) is 1. The number of alkyl halides is 3. The highest BCUT2D eigenvalue weighted by Gasteiger charge is 2.53. The molecule has 2 aromatic rings. The SMILES string of the molecule is CC(C)[C@]1(CN2COc3ccc(C(F)(F)F)cc3C2)CC[C@@H](N2CC[C@@H](c3ccccc3C(=O)O)[C@H](C)C2)C1=O. The van der Waals surface area contributed by atoms with Crippen LogP contribution in [0, 0.1) is 17.3 Å². The van der Waals surface area contributed by atoms with Gasteiger partial charge in [0.15, 0.2) is 5.78 Å². The molecule has 40 heavy (non-hydrogen) atoms. The molecule has 2 aliphatic heterocycles. The lowest BCUT2D eigenvalue weighted by atomic mass is 9.73. The number of carbonyl (C=O) groups excluding carboxylic acids is 1. The van der Waals surface area contributed by atoms with Crippen molar-refractivity contribution in [3.63, 3.8) is 0 Å². The Labute approximate surface area is 233 Å². The highest BCUT2D eigenvalue weighted by molar-refractivity contribution is 5.92. The molecule has 5 rings (SSSR count). The molecule has 0 unspecified atom stereocenters. The summed E-state index contributed by atoms with van der Waals surface area (Å²) in [6.45, 7) is 8.64. The third kappa shape index (κ3) is 5.26. The zero-order valence-electron chi connectivity index (χ0n) is 23.2. The van der Waals surface area contributed by atoms with Gasteiger partial charge in [-0.3, -0.25) is 14.6 Å². The zero-order chi connectivity index (χ0) is 28.8. The van der Waals surface area contributed by atoms with Crippen molar-refractivity contribution in [3.8, 4) is 5.75 Å². The molecule has 0 bridgehead atoms. The number of hydrogen-bond acceptors (Lipinski definition) is 5. The maximum absolute atomic E-state index is 14.1. The molecule has 4 atom stereocenters. The lowest BCUT2D eigenvalue weighted by Gasteiger charge is -2.42. The van der Waals surface area contributed by atoms with Crippen LogP contribution < -0.4 is 4.74 Å². The second-order valence-corrected chi connectivity index (χ2v) is 12.1. The Balaban J connectivity index is 1.29. The van der Waals surface area contributed by atoms with Gasteiger partial charge in [0.05, 0.1) is 17.2 Å². The lowest BCUT2D eigenvalue weighted by Crippen LogP contribution is -2.52. The third-order valence-corrected chi connectivity index (χ3v) is 9.42. The molecular weight excluding hydrogens is 521 g/mol. The average molecular weight is 559 g/mol. The van der Waals surface area contributed by atoms with Crippen LogP contribution in [0.2, 0.25) is 0 Å². The van der Waals surface area contributed by atoms with Gasteiger partial charge in [-0.05, 0) is 73.4 Å². The Morgan fingerprint density at radius 2 is 1.93 bits per heavy atom. The first kappa shape index (κ1) is 28.6. The van der Waals surface area contributed by atoms with Gasteiger partial charge in [0.25, 0.3) is 0 Å². The second kappa shape index (κ2) is 10.8. The zero-order valence-corrected chi connectivity index (χ0v) is 23.2. The molecule has 9 heteroatoms. The van der Waals surface area contributed by atoms with Gasteiger partial charge >= 0.3 is 12.1 Å². The number of fused-ring (bicyclic) bond motifs is 1. The molecule has 1 aliphatic carbocycles. The summed E-state index contributed by atoms with van der Waals surface area (Å²) in [5.41, 5.74) is 0.380. The van der Waals surface area contributed by atoms with Gasteiger partial charge in [0.1, 0.15) is 12.5 Å². The summed E-state index contributed by atoms with van der Waals surface area (Å²) < 4.78 is 45.7. The first-order valence-electron chi connectivity index (χ1n) is 14.1. The molecule has 3 aliphatic rings. The number of ketones is 1. The van der Waals surface area contributed by atoms with E-state index < -0.39 is 23.1 Å². The lowest BCUT2D eigenvalue weighted by molar-refractivity contribution is -0.137. The van der Waals surface area contributed by atoms with E-state index in [-0.39, 0.29) is 36.3 Å². The van der Waals surface area contributed by atoms with E-state index in [1.54, 1.807) is 12.1 Å². The topological polar surface area (TPSA) is 70.1 Å². The molecule has 0 spiro atoms. The first-order valence-corrected chi connectivity index (χ1v) is 14.1. The Morgan fingerprint density at radius 3 is 2.60 bits per heavy atom. The minimum atomic E-state index is -4.43. The van der Waals surface area contributed by atoms with E-state index in [1.807, 2.05) is 17.0 Å². The molecule has 0 aromatic heterocycles. The van der Waals surface area contributed by atoms with Crippen molar-refractivity contribution in [2.75, 3.05) is 26.4 Å². The Hall–Kier alpha value is -2.91. The summed E-state index contributed by atoms with van der Waals surface area (Å²) in [5, 5.41) is 9.67. The molecule has 2 heterocycles. The summed E-state index contributed by atoms with van der Waals surface area (Å²) in [5.74, 6) is 0.101.